The molecule has 0 bridgehead atoms. The fraction of sp³-hybridized carbons (Fsp3) is 0.133. The first-order valence-corrected chi connectivity index (χ1v) is 5.83. The highest BCUT2D eigenvalue weighted by Crippen LogP contribution is 2.30. The minimum absolute atomic E-state index is 0.589. The van der Waals surface area contributed by atoms with Gasteiger partial charge in [-0.2, -0.15) is 0 Å². The van der Waals surface area contributed by atoms with Crippen LogP contribution >= 0.6 is 0 Å². The average Bonchev–Trinajstić information content (AvgIpc) is 2.83. The Morgan fingerprint density at radius 2 is 2.06 bits per heavy atom. The largest absolute Gasteiger partial charge is 0.466 e. The van der Waals surface area contributed by atoms with E-state index in [1.165, 1.54) is 0 Å². The van der Waals surface area contributed by atoms with Crippen LogP contribution in [0.5, 0.6) is 0 Å². The van der Waals surface area contributed by atoms with Crippen molar-refractivity contribution in [1.29, 1.82) is 0 Å². The molecule has 2 heterocycles. The summed E-state index contributed by atoms with van der Waals surface area (Å²) in [7, 11) is 0. The van der Waals surface area contributed by atoms with Crippen LogP contribution in [0.4, 0.5) is 0 Å². The third-order valence-corrected chi connectivity index (χ3v) is 3.12. The first kappa shape index (κ1) is 11.0. The van der Waals surface area contributed by atoms with Gasteiger partial charge in [0.1, 0.15) is 11.9 Å². The van der Waals surface area contributed by atoms with E-state index >= 15 is 0 Å². The molecule has 0 aliphatic heterocycles. The van der Waals surface area contributed by atoms with Crippen LogP contribution in [0.1, 0.15) is 23.0 Å². The molecule has 0 aliphatic carbocycles. The van der Waals surface area contributed by atoms with Gasteiger partial charge in [0.05, 0.1) is 11.8 Å². The fourth-order valence-electron chi connectivity index (χ4n) is 2.17. The molecule has 3 nitrogen and oxygen atoms in total. The highest BCUT2D eigenvalue weighted by Gasteiger charge is 2.18. The Balaban J connectivity index is 2.18. The summed E-state index contributed by atoms with van der Waals surface area (Å²) < 4.78 is 5.36. The van der Waals surface area contributed by atoms with Gasteiger partial charge in [0.25, 0.3) is 0 Å². The monoisotopic (exact) mass is 239 g/mol. The molecule has 2 aromatic heterocycles. The van der Waals surface area contributed by atoms with Crippen LogP contribution in [-0.4, -0.2) is 10.1 Å². The van der Waals surface area contributed by atoms with Crippen molar-refractivity contribution < 1.29 is 9.52 Å². The predicted molar refractivity (Wildman–Crippen MR) is 69.2 cm³/mol. The number of furan rings is 1. The van der Waals surface area contributed by atoms with Gasteiger partial charge in [-0.05, 0) is 36.2 Å². The molecule has 1 atom stereocenters. The van der Waals surface area contributed by atoms with Crippen LogP contribution in [0.25, 0.3) is 10.9 Å². The van der Waals surface area contributed by atoms with E-state index in [1.807, 2.05) is 43.3 Å². The molecule has 0 spiro atoms. The number of fused-ring (bicyclic) bond motifs is 1. The summed E-state index contributed by atoms with van der Waals surface area (Å²) in [5.74, 6) is 0.589. The zero-order chi connectivity index (χ0) is 12.5. The quantitative estimate of drug-likeness (QED) is 0.746. The van der Waals surface area contributed by atoms with Crippen molar-refractivity contribution in [1.82, 2.24) is 4.98 Å². The Hall–Kier alpha value is -2.13. The summed E-state index contributed by atoms with van der Waals surface area (Å²) >= 11 is 0. The molecule has 0 radical (unpaired) electrons. The van der Waals surface area contributed by atoms with Gasteiger partial charge < -0.3 is 9.52 Å². The van der Waals surface area contributed by atoms with Crippen molar-refractivity contribution in [2.24, 2.45) is 0 Å². The summed E-state index contributed by atoms with van der Waals surface area (Å²) in [6.45, 7) is 1.92. The number of aryl methyl sites for hydroxylation is 1. The first-order valence-electron chi connectivity index (χ1n) is 5.83. The average molecular weight is 239 g/mol. The van der Waals surface area contributed by atoms with Gasteiger partial charge in [0.2, 0.25) is 0 Å². The topological polar surface area (TPSA) is 46.3 Å². The molecule has 3 heteroatoms. The molecule has 0 amide bonds. The lowest BCUT2D eigenvalue weighted by Crippen LogP contribution is -2.01. The van der Waals surface area contributed by atoms with Crippen molar-refractivity contribution in [3.05, 3.63) is 65.7 Å². The van der Waals surface area contributed by atoms with Crippen LogP contribution in [-0.2, 0) is 0 Å². The Labute approximate surface area is 105 Å². The van der Waals surface area contributed by atoms with Crippen LogP contribution in [0, 0.1) is 6.92 Å². The SMILES string of the molecule is Cc1ccoc1C(O)c1cccc2ncccc12. The molecule has 0 fully saturated rings. The Kier molecular flexibility index (Phi) is 2.61. The van der Waals surface area contributed by atoms with E-state index in [-0.39, 0.29) is 0 Å². The van der Waals surface area contributed by atoms with Crippen LogP contribution < -0.4 is 0 Å². The summed E-state index contributed by atoms with van der Waals surface area (Å²) in [6, 6.07) is 11.4. The van der Waals surface area contributed by atoms with Gasteiger partial charge in [-0.3, -0.25) is 4.98 Å². The molecule has 90 valence electrons. The maximum absolute atomic E-state index is 10.4. The number of hydrogen-bond donors (Lipinski definition) is 1. The van der Waals surface area contributed by atoms with Gasteiger partial charge in [-0.15, -0.1) is 0 Å². The Morgan fingerprint density at radius 1 is 1.17 bits per heavy atom. The first-order chi connectivity index (χ1) is 8.77. The van der Waals surface area contributed by atoms with Crippen molar-refractivity contribution in [3.8, 4) is 0 Å². The van der Waals surface area contributed by atoms with Gasteiger partial charge in [-0.25, -0.2) is 0 Å². The van der Waals surface area contributed by atoms with E-state index in [0.29, 0.717) is 5.76 Å². The lowest BCUT2D eigenvalue weighted by Gasteiger charge is -2.12. The molecular formula is C15H13NO2. The van der Waals surface area contributed by atoms with Gasteiger partial charge >= 0.3 is 0 Å². The molecule has 1 N–H and O–H groups in total. The Morgan fingerprint density at radius 3 is 2.83 bits per heavy atom. The third-order valence-electron chi connectivity index (χ3n) is 3.12. The van der Waals surface area contributed by atoms with E-state index < -0.39 is 6.10 Å². The van der Waals surface area contributed by atoms with Crippen molar-refractivity contribution >= 4 is 10.9 Å². The maximum Gasteiger partial charge on any atom is 0.139 e. The molecule has 1 unspecified atom stereocenters. The Bertz CT molecular complexity index is 682. The molecule has 0 saturated heterocycles. The number of aliphatic hydroxyl groups excluding tert-OH is 1. The smallest absolute Gasteiger partial charge is 0.139 e. The van der Waals surface area contributed by atoms with E-state index in [2.05, 4.69) is 4.98 Å². The molecule has 18 heavy (non-hydrogen) atoms. The van der Waals surface area contributed by atoms with E-state index in [9.17, 15) is 5.11 Å². The summed E-state index contributed by atoms with van der Waals surface area (Å²) in [6.07, 6.45) is 2.58. The van der Waals surface area contributed by atoms with Crippen LogP contribution in [0.3, 0.4) is 0 Å². The van der Waals surface area contributed by atoms with Gasteiger partial charge in [0.15, 0.2) is 0 Å². The number of benzene rings is 1. The summed E-state index contributed by atoms with van der Waals surface area (Å²) in [5, 5.41) is 11.4. The lowest BCUT2D eigenvalue weighted by molar-refractivity contribution is 0.190. The highest BCUT2D eigenvalue weighted by atomic mass is 16.4. The minimum Gasteiger partial charge on any atom is -0.466 e. The number of aliphatic hydroxyl groups is 1. The molecule has 3 aromatic rings. The van der Waals surface area contributed by atoms with Crippen molar-refractivity contribution in [2.75, 3.05) is 0 Å². The second kappa shape index (κ2) is 4.27. The van der Waals surface area contributed by atoms with Crippen LogP contribution in [0.2, 0.25) is 0 Å². The second-order valence-electron chi connectivity index (χ2n) is 4.29. The second-order valence-corrected chi connectivity index (χ2v) is 4.29. The summed E-state index contributed by atoms with van der Waals surface area (Å²) in [4.78, 5) is 4.29. The van der Waals surface area contributed by atoms with E-state index in [4.69, 9.17) is 4.42 Å². The zero-order valence-corrected chi connectivity index (χ0v) is 10.00. The standard InChI is InChI=1S/C15H13NO2/c1-10-7-9-18-15(10)14(17)12-4-2-6-13-11(12)5-3-8-16-13/h2-9,14,17H,1H3. The minimum atomic E-state index is -0.757. The molecule has 3 rings (SSSR count). The van der Waals surface area contributed by atoms with Crippen molar-refractivity contribution in [3.63, 3.8) is 0 Å². The maximum atomic E-state index is 10.4. The van der Waals surface area contributed by atoms with E-state index in [0.717, 1.165) is 22.0 Å². The fourth-order valence-corrected chi connectivity index (χ4v) is 2.17. The molecule has 0 saturated carbocycles. The van der Waals surface area contributed by atoms with Gasteiger partial charge in [-0.1, -0.05) is 18.2 Å². The van der Waals surface area contributed by atoms with E-state index in [1.54, 1.807) is 12.5 Å². The highest BCUT2D eigenvalue weighted by molar-refractivity contribution is 5.82. The molecule has 1 aromatic carbocycles. The molecule has 0 aliphatic rings. The van der Waals surface area contributed by atoms with Crippen molar-refractivity contribution in [2.45, 2.75) is 13.0 Å². The number of rotatable bonds is 2. The number of aromatic nitrogens is 1. The lowest BCUT2D eigenvalue weighted by atomic mass is 10.0. The number of hydrogen-bond acceptors (Lipinski definition) is 3. The predicted octanol–water partition coefficient (Wildman–Crippen LogP) is 3.22. The summed E-state index contributed by atoms with van der Waals surface area (Å²) in [5.41, 5.74) is 2.64. The number of nitrogens with zero attached hydrogens (tertiary/aromatic N) is 1. The van der Waals surface area contributed by atoms with Crippen LogP contribution in [0.15, 0.2) is 53.3 Å². The zero-order valence-electron chi connectivity index (χ0n) is 10.00. The third kappa shape index (κ3) is 1.69. The number of pyridine rings is 1. The van der Waals surface area contributed by atoms with Gasteiger partial charge in [0, 0.05) is 11.6 Å². The normalized spacial score (nSPS) is 12.8. The molecular weight excluding hydrogens is 226 g/mol.